The number of rotatable bonds is 4. The van der Waals surface area contributed by atoms with Crippen LogP contribution in [-0.2, 0) is 11.3 Å². The Morgan fingerprint density at radius 3 is 2.57 bits per heavy atom. The van der Waals surface area contributed by atoms with E-state index in [-0.39, 0.29) is 5.91 Å². The molecule has 6 heteroatoms. The third-order valence-corrected chi connectivity index (χ3v) is 5.09. The fourth-order valence-electron chi connectivity index (χ4n) is 3.60. The van der Waals surface area contributed by atoms with Crippen molar-refractivity contribution in [2.24, 2.45) is 0 Å². The second-order valence-corrected chi connectivity index (χ2v) is 7.10. The Bertz CT molecular complexity index is 833. The molecule has 2 aliphatic heterocycles. The summed E-state index contributed by atoms with van der Waals surface area (Å²) < 4.78 is 16.8. The Morgan fingerprint density at radius 1 is 1.00 bits per heavy atom. The van der Waals surface area contributed by atoms with Crippen LogP contribution in [0.4, 0.5) is 5.69 Å². The number of carbonyl (C=O) groups is 1. The Hall–Kier alpha value is -2.73. The molecule has 0 unspecified atom stereocenters. The van der Waals surface area contributed by atoms with Crippen LogP contribution in [0.15, 0.2) is 42.5 Å². The number of anilines is 1. The molecule has 6 nitrogen and oxygen atoms in total. The molecule has 0 N–H and O–H groups in total. The lowest BCUT2D eigenvalue weighted by Gasteiger charge is -2.31. The minimum absolute atomic E-state index is 0.0348. The maximum Gasteiger partial charge on any atom is 0.254 e. The molecule has 0 aliphatic carbocycles. The lowest BCUT2D eigenvalue weighted by Crippen LogP contribution is -2.37. The number of hydrogen-bond donors (Lipinski definition) is 0. The molecule has 2 heterocycles. The van der Waals surface area contributed by atoms with Crippen molar-refractivity contribution in [1.82, 2.24) is 4.90 Å². The average Bonchev–Trinajstić information content (AvgIpc) is 2.99. The highest BCUT2D eigenvalue weighted by Gasteiger charge is 2.19. The van der Waals surface area contributed by atoms with Crippen molar-refractivity contribution < 1.29 is 19.0 Å². The Balaban J connectivity index is 1.50. The number of amides is 1. The SMILES string of the molecule is CN(Cc1ccccc1N1CCOCC1)C(=O)c1ccc2c(c1)OCCCO2. The van der Waals surface area contributed by atoms with Crippen molar-refractivity contribution in [2.75, 3.05) is 51.5 Å². The molecule has 0 aromatic heterocycles. The number of fused-ring (bicyclic) bond motifs is 1. The zero-order valence-corrected chi connectivity index (χ0v) is 16.2. The molecule has 0 saturated carbocycles. The molecule has 0 radical (unpaired) electrons. The summed E-state index contributed by atoms with van der Waals surface area (Å²) in [4.78, 5) is 17.1. The fourth-order valence-corrected chi connectivity index (χ4v) is 3.60. The first kappa shape index (κ1) is 18.6. The van der Waals surface area contributed by atoms with E-state index in [2.05, 4.69) is 17.0 Å². The van der Waals surface area contributed by atoms with Gasteiger partial charge in [-0.3, -0.25) is 4.79 Å². The molecule has 2 aromatic carbocycles. The van der Waals surface area contributed by atoms with Crippen molar-refractivity contribution in [1.29, 1.82) is 0 Å². The van der Waals surface area contributed by atoms with Crippen LogP contribution >= 0.6 is 0 Å². The topological polar surface area (TPSA) is 51.2 Å². The number of carbonyl (C=O) groups excluding carboxylic acids is 1. The molecule has 1 saturated heterocycles. The standard InChI is InChI=1S/C22H26N2O4/c1-23(16-18-5-2-3-6-19(18)24-9-13-26-14-10-24)22(25)17-7-8-20-21(15-17)28-12-4-11-27-20/h2-3,5-8,15H,4,9-14,16H2,1H3. The lowest BCUT2D eigenvalue weighted by atomic mass is 10.1. The first-order valence-electron chi connectivity index (χ1n) is 9.78. The Kier molecular flexibility index (Phi) is 5.67. The van der Waals surface area contributed by atoms with E-state index in [1.54, 1.807) is 17.0 Å². The van der Waals surface area contributed by atoms with Gasteiger partial charge in [-0.2, -0.15) is 0 Å². The van der Waals surface area contributed by atoms with Crippen molar-refractivity contribution in [3.05, 3.63) is 53.6 Å². The van der Waals surface area contributed by atoms with Crippen molar-refractivity contribution >= 4 is 11.6 Å². The molecule has 2 aromatic rings. The van der Waals surface area contributed by atoms with Crippen LogP contribution in [-0.4, -0.2) is 57.4 Å². The van der Waals surface area contributed by atoms with Gasteiger partial charge in [0.2, 0.25) is 0 Å². The zero-order chi connectivity index (χ0) is 19.3. The first-order valence-corrected chi connectivity index (χ1v) is 9.78. The van der Waals surface area contributed by atoms with E-state index >= 15 is 0 Å². The summed E-state index contributed by atoms with van der Waals surface area (Å²) >= 11 is 0. The van der Waals surface area contributed by atoms with E-state index in [1.807, 2.05) is 25.2 Å². The number of morpholine rings is 1. The number of nitrogens with zero attached hydrogens (tertiary/aromatic N) is 2. The quantitative estimate of drug-likeness (QED) is 0.814. The monoisotopic (exact) mass is 382 g/mol. The number of benzene rings is 2. The minimum Gasteiger partial charge on any atom is -0.490 e. The van der Waals surface area contributed by atoms with Crippen molar-refractivity contribution in [3.63, 3.8) is 0 Å². The maximum absolute atomic E-state index is 13.0. The van der Waals surface area contributed by atoms with Crippen LogP contribution in [0, 0.1) is 0 Å². The van der Waals surface area contributed by atoms with Gasteiger partial charge < -0.3 is 24.0 Å². The zero-order valence-electron chi connectivity index (χ0n) is 16.2. The lowest BCUT2D eigenvalue weighted by molar-refractivity contribution is 0.0784. The summed E-state index contributed by atoms with van der Waals surface area (Å²) in [7, 11) is 1.83. The van der Waals surface area contributed by atoms with Crippen LogP contribution < -0.4 is 14.4 Å². The number of para-hydroxylation sites is 1. The predicted molar refractivity (Wildman–Crippen MR) is 107 cm³/mol. The van der Waals surface area contributed by atoms with Crippen LogP contribution in [0.2, 0.25) is 0 Å². The number of hydrogen-bond acceptors (Lipinski definition) is 5. The molecule has 148 valence electrons. The van der Waals surface area contributed by atoms with Gasteiger partial charge >= 0.3 is 0 Å². The molecule has 4 rings (SSSR count). The van der Waals surface area contributed by atoms with Crippen LogP contribution in [0.1, 0.15) is 22.3 Å². The highest BCUT2D eigenvalue weighted by atomic mass is 16.5. The molecular weight excluding hydrogens is 356 g/mol. The van der Waals surface area contributed by atoms with E-state index in [9.17, 15) is 4.79 Å². The van der Waals surface area contributed by atoms with Crippen LogP contribution in [0.5, 0.6) is 11.5 Å². The predicted octanol–water partition coefficient (Wildman–Crippen LogP) is 2.96. The highest BCUT2D eigenvalue weighted by molar-refractivity contribution is 5.94. The molecule has 28 heavy (non-hydrogen) atoms. The Labute approximate surface area is 165 Å². The van der Waals surface area contributed by atoms with E-state index in [0.717, 1.165) is 38.3 Å². The van der Waals surface area contributed by atoms with Crippen molar-refractivity contribution in [2.45, 2.75) is 13.0 Å². The third kappa shape index (κ3) is 4.07. The van der Waals surface area contributed by atoms with Gasteiger partial charge in [0.15, 0.2) is 11.5 Å². The maximum atomic E-state index is 13.0. The van der Waals surface area contributed by atoms with E-state index in [4.69, 9.17) is 14.2 Å². The van der Waals surface area contributed by atoms with Gasteiger partial charge in [-0.15, -0.1) is 0 Å². The average molecular weight is 382 g/mol. The van der Waals surface area contributed by atoms with Gasteiger partial charge in [-0.1, -0.05) is 18.2 Å². The highest BCUT2D eigenvalue weighted by Crippen LogP contribution is 2.31. The van der Waals surface area contributed by atoms with Crippen LogP contribution in [0.3, 0.4) is 0 Å². The molecule has 2 aliphatic rings. The second-order valence-electron chi connectivity index (χ2n) is 7.10. The molecule has 1 amide bonds. The molecule has 0 atom stereocenters. The summed E-state index contributed by atoms with van der Waals surface area (Å²) in [5, 5.41) is 0. The summed E-state index contributed by atoms with van der Waals surface area (Å²) in [5.74, 6) is 1.31. The summed E-state index contributed by atoms with van der Waals surface area (Å²) in [6.45, 7) is 5.00. The number of ether oxygens (including phenoxy) is 3. The Morgan fingerprint density at radius 2 is 1.75 bits per heavy atom. The van der Waals surface area contributed by atoms with Gasteiger partial charge in [0, 0.05) is 44.4 Å². The molecule has 0 spiro atoms. The second kappa shape index (κ2) is 8.52. The summed E-state index contributed by atoms with van der Waals surface area (Å²) in [6, 6.07) is 13.7. The van der Waals surface area contributed by atoms with E-state index in [1.165, 1.54) is 5.69 Å². The summed E-state index contributed by atoms with van der Waals surface area (Å²) in [6.07, 6.45) is 0.843. The molecule has 1 fully saturated rings. The van der Waals surface area contributed by atoms with Gasteiger partial charge in [0.25, 0.3) is 5.91 Å². The third-order valence-electron chi connectivity index (χ3n) is 5.09. The van der Waals surface area contributed by atoms with Crippen LogP contribution in [0.25, 0.3) is 0 Å². The minimum atomic E-state index is -0.0348. The van der Waals surface area contributed by atoms with Gasteiger partial charge in [0.1, 0.15) is 0 Å². The smallest absolute Gasteiger partial charge is 0.254 e. The fraction of sp³-hybridized carbons (Fsp3) is 0.409. The van der Waals surface area contributed by atoms with Crippen molar-refractivity contribution in [3.8, 4) is 11.5 Å². The van der Waals surface area contributed by atoms with Gasteiger partial charge in [0.05, 0.1) is 26.4 Å². The molecular formula is C22H26N2O4. The normalized spacial score (nSPS) is 16.4. The largest absolute Gasteiger partial charge is 0.490 e. The van der Waals surface area contributed by atoms with E-state index in [0.29, 0.717) is 36.8 Å². The van der Waals surface area contributed by atoms with Gasteiger partial charge in [-0.25, -0.2) is 0 Å². The van der Waals surface area contributed by atoms with E-state index < -0.39 is 0 Å². The molecule has 0 bridgehead atoms. The summed E-state index contributed by atoms with van der Waals surface area (Å²) in [5.41, 5.74) is 2.91. The first-order chi connectivity index (χ1) is 13.7. The van der Waals surface area contributed by atoms with Gasteiger partial charge in [-0.05, 0) is 29.8 Å².